The van der Waals surface area contributed by atoms with Gasteiger partial charge in [-0.1, -0.05) is 120 Å². The van der Waals surface area contributed by atoms with E-state index >= 15 is 0 Å². The molecule has 4 unspecified atom stereocenters. The van der Waals surface area contributed by atoms with Crippen molar-refractivity contribution in [3.63, 3.8) is 0 Å². The van der Waals surface area contributed by atoms with Crippen LogP contribution in [0.2, 0.25) is 0 Å². The molecule has 0 aromatic heterocycles. The molecule has 0 aliphatic heterocycles. The maximum Gasteiger partial charge on any atom is 0.320 e. The summed E-state index contributed by atoms with van der Waals surface area (Å²) in [6.45, 7) is 17.2. The Hall–Kier alpha value is -2.60. The minimum Gasteiger partial charge on any atom is -0.468 e. The van der Waals surface area contributed by atoms with Gasteiger partial charge in [-0.15, -0.1) is 5.92 Å². The average molecular weight is 645 g/mol. The Morgan fingerprint density at radius 3 is 1.41 bits per heavy atom. The molecule has 9 heteroatoms. The van der Waals surface area contributed by atoms with E-state index in [1.54, 1.807) is 13.8 Å². The fraction of sp³-hybridized carbons (Fsp3) is 0.829. The topological polar surface area (TPSA) is 145 Å². The number of unbranched alkanes of at least 4 members (excludes halogenated alkanes) is 1. The number of carbonyl (C=O) groups excluding carboxylic acids is 4. The van der Waals surface area contributed by atoms with Crippen molar-refractivity contribution in [1.29, 1.82) is 0 Å². The minimum absolute atomic E-state index is 0. The molecule has 0 fully saturated rings. The maximum absolute atomic E-state index is 11.0. The Morgan fingerprint density at radius 2 is 1.16 bits per heavy atom. The molecule has 0 rings (SSSR count). The first-order valence-corrected chi connectivity index (χ1v) is 12.7. The molecule has 276 valence electrons. The van der Waals surface area contributed by atoms with E-state index in [9.17, 15) is 19.2 Å². The number of aliphatic hydroxyl groups is 1. The molecule has 0 aliphatic carbocycles. The zero-order valence-corrected chi connectivity index (χ0v) is 24.2. The molecular formula is C35H84N2O7. The number of carbonyl (C=O) groups is 4. The van der Waals surface area contributed by atoms with Gasteiger partial charge >= 0.3 is 11.9 Å². The average Bonchev–Trinajstić information content (AvgIpc) is 2.87. The van der Waals surface area contributed by atoms with E-state index < -0.39 is 0 Å². The van der Waals surface area contributed by atoms with Gasteiger partial charge in [-0.25, -0.2) is 0 Å². The molecule has 0 bridgehead atoms. The lowest BCUT2D eigenvalue weighted by atomic mass is 10.1. The van der Waals surface area contributed by atoms with Gasteiger partial charge in [0.2, 0.25) is 11.8 Å². The van der Waals surface area contributed by atoms with Crippen LogP contribution in [0.15, 0.2) is 0 Å². The number of methoxy groups -OCH3 is 1. The lowest BCUT2D eigenvalue weighted by molar-refractivity contribution is -0.148. The van der Waals surface area contributed by atoms with Crippen LogP contribution in [0.1, 0.15) is 154 Å². The highest BCUT2D eigenvalue weighted by atomic mass is 16.5. The van der Waals surface area contributed by atoms with Crippen LogP contribution in [0.4, 0.5) is 0 Å². The van der Waals surface area contributed by atoms with Crippen molar-refractivity contribution in [3.8, 4) is 11.8 Å². The number of esters is 2. The van der Waals surface area contributed by atoms with Gasteiger partial charge in [0.15, 0.2) is 0 Å². The van der Waals surface area contributed by atoms with Crippen LogP contribution in [-0.2, 0) is 28.7 Å². The van der Waals surface area contributed by atoms with E-state index in [-0.39, 0.29) is 114 Å². The van der Waals surface area contributed by atoms with Crippen molar-refractivity contribution < 1.29 is 33.8 Å². The number of rotatable bonds is 11. The van der Waals surface area contributed by atoms with Gasteiger partial charge in [-0.3, -0.25) is 19.2 Å². The summed E-state index contributed by atoms with van der Waals surface area (Å²) in [4.78, 5) is 42.5. The second-order valence-corrected chi connectivity index (χ2v) is 8.19. The third-order valence-electron chi connectivity index (χ3n) is 5.08. The number of nitrogens with two attached hydrogens (primary N) is 1. The Kier molecular flexibility index (Phi) is 99.9. The molecule has 0 aromatic carbocycles. The lowest BCUT2D eigenvalue weighted by Gasteiger charge is -2.07. The van der Waals surface area contributed by atoms with Gasteiger partial charge in [-0.05, 0) is 39.5 Å². The highest BCUT2D eigenvalue weighted by molar-refractivity contribution is 5.78. The molecule has 0 radical (unpaired) electrons. The van der Waals surface area contributed by atoms with Crippen molar-refractivity contribution in [2.75, 3.05) is 20.4 Å². The van der Waals surface area contributed by atoms with Gasteiger partial charge < -0.3 is 25.6 Å². The minimum atomic E-state index is -0.292. The first-order chi connectivity index (χ1) is 16.8. The summed E-state index contributed by atoms with van der Waals surface area (Å²) in [5.41, 5.74) is 4.91. The van der Waals surface area contributed by atoms with Crippen molar-refractivity contribution in [1.82, 2.24) is 5.32 Å². The van der Waals surface area contributed by atoms with Crippen molar-refractivity contribution in [3.05, 3.63) is 0 Å². The molecule has 44 heavy (non-hydrogen) atoms. The summed E-state index contributed by atoms with van der Waals surface area (Å²) < 4.78 is 9.42. The summed E-state index contributed by atoms with van der Waals surface area (Å²) >= 11 is 0. The third-order valence-corrected chi connectivity index (χ3v) is 5.08. The van der Waals surface area contributed by atoms with E-state index in [0.29, 0.717) is 6.61 Å². The monoisotopic (exact) mass is 645 g/mol. The van der Waals surface area contributed by atoms with Gasteiger partial charge in [0.1, 0.15) is 12.6 Å². The van der Waals surface area contributed by atoms with Crippen LogP contribution in [0.25, 0.3) is 0 Å². The van der Waals surface area contributed by atoms with Crippen LogP contribution in [0.5, 0.6) is 0 Å². The first kappa shape index (κ1) is 78.2. The quantitative estimate of drug-likeness (QED) is 0.0881. The lowest BCUT2D eigenvalue weighted by Crippen LogP contribution is -2.29. The molecule has 0 heterocycles. The SMILES string of the molecule is C.C.C.C.C.C.C.C.CC#CC(C)C(=O)OC.CCC(C)C(=O)NCO.CCC(C)C(N)=O.CCCCOC(=O)C(C)CC. The maximum atomic E-state index is 11.0. The molecule has 0 aromatic rings. The highest BCUT2D eigenvalue weighted by Crippen LogP contribution is 2.03. The molecule has 4 atom stereocenters. The molecule has 4 N–H and O–H groups in total. The summed E-state index contributed by atoms with van der Waals surface area (Å²) in [5.74, 6) is 4.51. The first-order valence-electron chi connectivity index (χ1n) is 12.7. The standard InChI is InChI=1S/C9H18O2.C7H10O2.C6H13NO2.C5H11NO.8CH4/c1-4-6-7-11-9(10)8(3)5-2;1-4-5-6(2)7(8)9-3;1-3-5(2)6(9)7-4-8;1-3-4(2)5(6)7;;;;;;;;/h8H,4-7H2,1-3H3;6H,1-3H3;5,8H,3-4H2,1-2H3,(H,7,9);4H,3H2,1-2H3,(H2,6,7);8*1H4. The molecule has 2 amide bonds. The van der Waals surface area contributed by atoms with Crippen LogP contribution < -0.4 is 11.1 Å². The number of amides is 2. The summed E-state index contributed by atoms with van der Waals surface area (Å²) in [5, 5.41) is 10.6. The van der Waals surface area contributed by atoms with Crippen LogP contribution in [0, 0.1) is 35.5 Å². The normalized spacial score (nSPS) is 10.2. The summed E-state index contributed by atoms with van der Waals surface area (Å²) in [6, 6.07) is 0. The molecule has 0 saturated heterocycles. The summed E-state index contributed by atoms with van der Waals surface area (Å²) in [7, 11) is 1.36. The predicted octanol–water partition coefficient (Wildman–Crippen LogP) is 8.90. The van der Waals surface area contributed by atoms with E-state index in [1.165, 1.54) is 7.11 Å². The fourth-order valence-corrected chi connectivity index (χ4v) is 1.72. The number of nitrogens with one attached hydrogen (secondary N) is 1. The second kappa shape index (κ2) is 56.2. The molecule has 0 aliphatic rings. The van der Waals surface area contributed by atoms with Crippen LogP contribution >= 0.6 is 0 Å². The van der Waals surface area contributed by atoms with Crippen molar-refractivity contribution in [2.45, 2.75) is 154 Å². The van der Waals surface area contributed by atoms with Gasteiger partial charge in [0, 0.05) is 11.8 Å². The molecule has 9 nitrogen and oxygen atoms in total. The highest BCUT2D eigenvalue weighted by Gasteiger charge is 2.10. The zero-order valence-electron chi connectivity index (χ0n) is 24.2. The Morgan fingerprint density at radius 1 is 0.750 bits per heavy atom. The van der Waals surface area contributed by atoms with Gasteiger partial charge in [0.25, 0.3) is 0 Å². The van der Waals surface area contributed by atoms with Crippen molar-refractivity contribution in [2.24, 2.45) is 29.4 Å². The number of ether oxygens (including phenoxy) is 2. The van der Waals surface area contributed by atoms with E-state index in [1.807, 2.05) is 41.5 Å². The number of primary amides is 1. The zero-order chi connectivity index (χ0) is 29.1. The van der Waals surface area contributed by atoms with Crippen molar-refractivity contribution >= 4 is 23.8 Å². The van der Waals surface area contributed by atoms with E-state index in [2.05, 4.69) is 28.8 Å². The number of hydrogen-bond acceptors (Lipinski definition) is 7. The third kappa shape index (κ3) is 55.3. The van der Waals surface area contributed by atoms with E-state index in [0.717, 1.165) is 32.1 Å². The van der Waals surface area contributed by atoms with Crippen LogP contribution in [0.3, 0.4) is 0 Å². The molecule has 0 spiro atoms. The predicted molar refractivity (Wildman–Crippen MR) is 197 cm³/mol. The molecular weight excluding hydrogens is 560 g/mol. The number of aliphatic hydroxyl groups excluding tert-OH is 1. The Labute approximate surface area is 278 Å². The number of hydrogen-bond donors (Lipinski definition) is 3. The van der Waals surface area contributed by atoms with Gasteiger partial charge in [0.05, 0.1) is 19.6 Å². The fourth-order valence-electron chi connectivity index (χ4n) is 1.72. The Bertz CT molecular complexity index is 645. The second-order valence-electron chi connectivity index (χ2n) is 8.19. The van der Waals surface area contributed by atoms with Crippen LogP contribution in [-0.4, -0.2) is 49.3 Å². The summed E-state index contributed by atoms with van der Waals surface area (Å²) in [6.07, 6.45) is 4.57. The van der Waals surface area contributed by atoms with Gasteiger partial charge in [-0.2, -0.15) is 0 Å². The largest absolute Gasteiger partial charge is 0.468 e. The van der Waals surface area contributed by atoms with E-state index in [4.69, 9.17) is 15.6 Å². The smallest absolute Gasteiger partial charge is 0.320 e. The molecule has 0 saturated carbocycles. The Balaban J connectivity index is -0.0000000295.